The lowest BCUT2D eigenvalue weighted by Crippen LogP contribution is -2.27. The topological polar surface area (TPSA) is 21.3 Å². The summed E-state index contributed by atoms with van der Waals surface area (Å²) in [4.78, 5) is 0. The molecule has 1 aromatic carbocycles. The van der Waals surface area contributed by atoms with Gasteiger partial charge in [-0.25, -0.2) is 4.39 Å². The molecule has 0 aromatic heterocycles. The first-order chi connectivity index (χ1) is 6.84. The highest BCUT2D eigenvalue weighted by atomic mass is 19.1. The number of hydrogen-bond acceptors (Lipinski definition) is 2. The summed E-state index contributed by atoms with van der Waals surface area (Å²) in [5, 5.41) is 3.43. The maximum Gasteiger partial charge on any atom is 0.127 e. The summed E-state index contributed by atoms with van der Waals surface area (Å²) >= 11 is 0. The maximum absolute atomic E-state index is 12.9. The Morgan fingerprint density at radius 2 is 2.36 bits per heavy atom. The summed E-state index contributed by atoms with van der Waals surface area (Å²) in [5.74, 6) is 1.05. The third kappa shape index (κ3) is 1.12. The van der Waals surface area contributed by atoms with Crippen molar-refractivity contribution in [2.24, 2.45) is 5.92 Å². The van der Waals surface area contributed by atoms with E-state index in [9.17, 15) is 4.39 Å². The minimum atomic E-state index is -0.222. The number of ether oxygens (including phenoxy) is 1. The van der Waals surface area contributed by atoms with Gasteiger partial charge in [-0.15, -0.1) is 0 Å². The van der Waals surface area contributed by atoms with Crippen LogP contribution in [0.2, 0.25) is 0 Å². The molecule has 1 aromatic rings. The van der Waals surface area contributed by atoms with Gasteiger partial charge in [0, 0.05) is 23.6 Å². The van der Waals surface area contributed by atoms with E-state index in [0.717, 1.165) is 18.5 Å². The monoisotopic (exact) mass is 193 g/mol. The van der Waals surface area contributed by atoms with E-state index in [2.05, 4.69) is 5.32 Å². The van der Waals surface area contributed by atoms with Gasteiger partial charge in [0.15, 0.2) is 0 Å². The standard InChI is InChI=1S/C11H12FNO/c12-8-1-2-9-10(5-8)14-6-7-3-4-13-11(7)9/h1-2,5,7,11,13H,3-4,6H2. The third-order valence-corrected chi connectivity index (χ3v) is 3.11. The van der Waals surface area contributed by atoms with Gasteiger partial charge >= 0.3 is 0 Å². The van der Waals surface area contributed by atoms with Crippen molar-refractivity contribution in [3.05, 3.63) is 29.6 Å². The first-order valence-corrected chi connectivity index (χ1v) is 5.00. The Kier molecular flexibility index (Phi) is 1.74. The average Bonchev–Trinajstić information content (AvgIpc) is 2.65. The van der Waals surface area contributed by atoms with Gasteiger partial charge in [-0.05, 0) is 19.0 Å². The van der Waals surface area contributed by atoms with Crippen molar-refractivity contribution in [2.45, 2.75) is 12.5 Å². The fourth-order valence-corrected chi connectivity index (χ4v) is 2.39. The van der Waals surface area contributed by atoms with Gasteiger partial charge in [-0.1, -0.05) is 6.07 Å². The van der Waals surface area contributed by atoms with Crippen LogP contribution in [0.5, 0.6) is 5.75 Å². The molecule has 2 heterocycles. The number of nitrogens with one attached hydrogen (secondary N) is 1. The molecule has 2 unspecified atom stereocenters. The normalized spacial score (nSPS) is 29.2. The number of rotatable bonds is 0. The zero-order valence-electron chi connectivity index (χ0n) is 7.79. The molecule has 1 fully saturated rings. The molecule has 3 rings (SSSR count). The van der Waals surface area contributed by atoms with E-state index in [1.54, 1.807) is 0 Å². The number of halogens is 1. The van der Waals surface area contributed by atoms with Crippen LogP contribution in [0, 0.1) is 11.7 Å². The average molecular weight is 193 g/mol. The van der Waals surface area contributed by atoms with Crippen molar-refractivity contribution in [3.63, 3.8) is 0 Å². The Morgan fingerprint density at radius 3 is 3.29 bits per heavy atom. The third-order valence-electron chi connectivity index (χ3n) is 3.11. The lowest BCUT2D eigenvalue weighted by Gasteiger charge is -2.28. The molecular weight excluding hydrogens is 181 g/mol. The Balaban J connectivity index is 2.05. The highest BCUT2D eigenvalue weighted by Gasteiger charge is 2.34. The Hall–Kier alpha value is -1.09. The van der Waals surface area contributed by atoms with E-state index >= 15 is 0 Å². The van der Waals surface area contributed by atoms with Gasteiger partial charge in [0.2, 0.25) is 0 Å². The minimum absolute atomic E-state index is 0.222. The number of fused-ring (bicyclic) bond motifs is 3. The van der Waals surface area contributed by atoms with Gasteiger partial charge in [-0.2, -0.15) is 0 Å². The van der Waals surface area contributed by atoms with Crippen LogP contribution < -0.4 is 10.1 Å². The summed E-state index contributed by atoms with van der Waals surface area (Å²) in [6, 6.07) is 5.19. The zero-order valence-corrected chi connectivity index (χ0v) is 7.79. The van der Waals surface area contributed by atoms with E-state index in [4.69, 9.17) is 4.74 Å². The second-order valence-electron chi connectivity index (χ2n) is 3.97. The second kappa shape index (κ2) is 2.95. The highest BCUT2D eigenvalue weighted by molar-refractivity contribution is 5.39. The Bertz CT molecular complexity index is 366. The molecule has 0 bridgehead atoms. The van der Waals surface area contributed by atoms with E-state index < -0.39 is 0 Å². The molecule has 0 amide bonds. The van der Waals surface area contributed by atoms with Gasteiger partial charge in [0.1, 0.15) is 11.6 Å². The van der Waals surface area contributed by atoms with Gasteiger partial charge in [0.25, 0.3) is 0 Å². The summed E-state index contributed by atoms with van der Waals surface area (Å²) < 4.78 is 18.5. The summed E-state index contributed by atoms with van der Waals surface area (Å²) in [5.41, 5.74) is 1.11. The highest BCUT2D eigenvalue weighted by Crippen LogP contribution is 2.39. The van der Waals surface area contributed by atoms with Crippen molar-refractivity contribution in [3.8, 4) is 5.75 Å². The van der Waals surface area contributed by atoms with Crippen LogP contribution in [-0.2, 0) is 0 Å². The summed E-state index contributed by atoms with van der Waals surface area (Å²) in [6.45, 7) is 1.75. The lowest BCUT2D eigenvalue weighted by molar-refractivity contribution is 0.204. The van der Waals surface area contributed by atoms with Crippen molar-refractivity contribution >= 4 is 0 Å². The molecule has 0 saturated carbocycles. The summed E-state index contributed by atoms with van der Waals surface area (Å²) in [7, 11) is 0. The van der Waals surface area contributed by atoms with E-state index in [-0.39, 0.29) is 5.82 Å². The van der Waals surface area contributed by atoms with Crippen LogP contribution in [0.1, 0.15) is 18.0 Å². The lowest BCUT2D eigenvalue weighted by atomic mass is 9.92. The van der Waals surface area contributed by atoms with Crippen LogP contribution in [0.15, 0.2) is 18.2 Å². The van der Waals surface area contributed by atoms with Gasteiger partial charge in [-0.3, -0.25) is 0 Å². The van der Waals surface area contributed by atoms with Crippen molar-refractivity contribution in [1.82, 2.24) is 5.32 Å². The predicted molar refractivity (Wildman–Crippen MR) is 50.7 cm³/mol. The Morgan fingerprint density at radius 1 is 1.43 bits per heavy atom. The van der Waals surface area contributed by atoms with Crippen LogP contribution in [0.3, 0.4) is 0 Å². The minimum Gasteiger partial charge on any atom is -0.493 e. The molecule has 3 heteroatoms. The van der Waals surface area contributed by atoms with E-state index in [1.807, 2.05) is 6.07 Å². The molecule has 14 heavy (non-hydrogen) atoms. The van der Waals surface area contributed by atoms with Gasteiger partial charge < -0.3 is 10.1 Å². The molecule has 2 nitrogen and oxygen atoms in total. The number of benzene rings is 1. The fraction of sp³-hybridized carbons (Fsp3) is 0.455. The van der Waals surface area contributed by atoms with Crippen LogP contribution in [0.25, 0.3) is 0 Å². The van der Waals surface area contributed by atoms with E-state index in [0.29, 0.717) is 24.3 Å². The fourth-order valence-electron chi connectivity index (χ4n) is 2.39. The van der Waals surface area contributed by atoms with Crippen molar-refractivity contribution in [1.29, 1.82) is 0 Å². The van der Waals surface area contributed by atoms with Gasteiger partial charge in [0.05, 0.1) is 6.61 Å². The first kappa shape index (κ1) is 8.24. The molecule has 2 atom stereocenters. The first-order valence-electron chi connectivity index (χ1n) is 5.00. The smallest absolute Gasteiger partial charge is 0.127 e. The number of hydrogen-bond donors (Lipinski definition) is 1. The second-order valence-corrected chi connectivity index (χ2v) is 3.97. The summed E-state index contributed by atoms with van der Waals surface area (Å²) in [6.07, 6.45) is 1.15. The van der Waals surface area contributed by atoms with Crippen LogP contribution >= 0.6 is 0 Å². The molecule has 1 saturated heterocycles. The molecule has 74 valence electrons. The zero-order chi connectivity index (χ0) is 9.54. The predicted octanol–water partition coefficient (Wildman–Crippen LogP) is 1.87. The molecule has 0 radical (unpaired) electrons. The van der Waals surface area contributed by atoms with Crippen molar-refractivity contribution < 1.29 is 9.13 Å². The molecule has 2 aliphatic rings. The van der Waals surface area contributed by atoms with E-state index in [1.165, 1.54) is 12.1 Å². The van der Waals surface area contributed by atoms with Crippen LogP contribution in [0.4, 0.5) is 4.39 Å². The Labute approximate surface area is 82.1 Å². The molecular formula is C11H12FNO. The molecule has 0 spiro atoms. The largest absolute Gasteiger partial charge is 0.493 e. The van der Waals surface area contributed by atoms with Crippen LogP contribution in [-0.4, -0.2) is 13.2 Å². The molecule has 2 aliphatic heterocycles. The van der Waals surface area contributed by atoms with Crippen molar-refractivity contribution in [2.75, 3.05) is 13.2 Å². The molecule has 1 N–H and O–H groups in total. The SMILES string of the molecule is Fc1ccc2c(c1)OCC1CCNC21. The maximum atomic E-state index is 12.9. The molecule has 0 aliphatic carbocycles. The quantitative estimate of drug-likeness (QED) is 0.679.